The normalized spacial score (nSPS) is 11.1. The lowest BCUT2D eigenvalue weighted by molar-refractivity contribution is 0.0792. The van der Waals surface area contributed by atoms with Crippen LogP contribution in [0.15, 0.2) is 16.7 Å². The first-order valence-corrected chi connectivity index (χ1v) is 8.00. The van der Waals surface area contributed by atoms with Crippen LogP contribution in [0.4, 0.5) is 0 Å². The van der Waals surface area contributed by atoms with E-state index in [0.717, 1.165) is 29.6 Å². The van der Waals surface area contributed by atoms with Gasteiger partial charge in [0.05, 0.1) is 6.61 Å². The maximum Gasteiger partial charge on any atom is 0.217 e. The van der Waals surface area contributed by atoms with Crippen LogP contribution in [0.1, 0.15) is 25.8 Å². The van der Waals surface area contributed by atoms with Crippen LogP contribution < -0.4 is 10.1 Å². The third-order valence-electron chi connectivity index (χ3n) is 2.70. The second-order valence-electron chi connectivity index (χ2n) is 4.96. The van der Waals surface area contributed by atoms with Gasteiger partial charge in [0.2, 0.25) is 5.88 Å². The van der Waals surface area contributed by atoms with Gasteiger partial charge in [0.15, 0.2) is 0 Å². The number of halogens is 1. The monoisotopic (exact) mass is 360 g/mol. The quantitative estimate of drug-likeness (QED) is 0.615. The molecule has 0 aliphatic rings. The van der Waals surface area contributed by atoms with Crippen molar-refractivity contribution in [1.82, 2.24) is 10.3 Å². The van der Waals surface area contributed by atoms with Gasteiger partial charge in [0.1, 0.15) is 6.61 Å². The number of rotatable bonds is 11. The molecule has 0 atom stereocenters. The van der Waals surface area contributed by atoms with Crippen LogP contribution in [0.3, 0.4) is 0 Å². The van der Waals surface area contributed by atoms with Gasteiger partial charge in [0.25, 0.3) is 0 Å². The molecule has 0 fully saturated rings. The maximum absolute atomic E-state index is 5.70. The first-order chi connectivity index (χ1) is 10.1. The number of methoxy groups -OCH3 is 1. The summed E-state index contributed by atoms with van der Waals surface area (Å²) in [5, 5.41) is 3.37. The summed E-state index contributed by atoms with van der Waals surface area (Å²) in [6.07, 6.45) is 2.64. The standard InChI is InChI=1S/C15H25BrN2O3/c1-12(2)17-10-13-9-14(16)11-18-15(13)21-8-7-20-6-4-5-19-3/h9,11-12,17H,4-8,10H2,1-3H3. The highest BCUT2D eigenvalue weighted by Gasteiger charge is 2.07. The Morgan fingerprint density at radius 1 is 1.24 bits per heavy atom. The lowest BCUT2D eigenvalue weighted by atomic mass is 10.2. The minimum atomic E-state index is 0.418. The highest BCUT2D eigenvalue weighted by Crippen LogP contribution is 2.20. The van der Waals surface area contributed by atoms with Crippen LogP contribution >= 0.6 is 15.9 Å². The molecule has 1 aromatic rings. The van der Waals surface area contributed by atoms with E-state index >= 15 is 0 Å². The Morgan fingerprint density at radius 2 is 2.05 bits per heavy atom. The summed E-state index contributed by atoms with van der Waals surface area (Å²) in [6, 6.07) is 2.44. The van der Waals surface area contributed by atoms with Crippen molar-refractivity contribution in [3.05, 3.63) is 22.3 Å². The lowest BCUT2D eigenvalue weighted by Gasteiger charge is -2.13. The average molecular weight is 361 g/mol. The molecule has 0 unspecified atom stereocenters. The molecule has 0 saturated carbocycles. The second kappa shape index (κ2) is 11.0. The highest BCUT2D eigenvalue weighted by atomic mass is 79.9. The largest absolute Gasteiger partial charge is 0.475 e. The number of nitrogens with zero attached hydrogens (tertiary/aromatic N) is 1. The van der Waals surface area contributed by atoms with Crippen LogP contribution in [0.2, 0.25) is 0 Å². The number of aromatic nitrogens is 1. The maximum atomic E-state index is 5.70. The van der Waals surface area contributed by atoms with Crippen molar-refractivity contribution < 1.29 is 14.2 Å². The first-order valence-electron chi connectivity index (χ1n) is 7.20. The number of pyridine rings is 1. The Morgan fingerprint density at radius 3 is 2.76 bits per heavy atom. The zero-order valence-corrected chi connectivity index (χ0v) is 14.6. The van der Waals surface area contributed by atoms with Gasteiger partial charge in [-0.3, -0.25) is 0 Å². The number of nitrogens with one attached hydrogen (secondary N) is 1. The molecule has 21 heavy (non-hydrogen) atoms. The minimum absolute atomic E-state index is 0.418. The zero-order valence-electron chi connectivity index (χ0n) is 13.0. The molecule has 0 bridgehead atoms. The summed E-state index contributed by atoms with van der Waals surface area (Å²) in [7, 11) is 1.69. The lowest BCUT2D eigenvalue weighted by Crippen LogP contribution is -2.22. The van der Waals surface area contributed by atoms with Crippen molar-refractivity contribution in [3.63, 3.8) is 0 Å². The van der Waals surface area contributed by atoms with Gasteiger partial charge < -0.3 is 19.5 Å². The molecule has 1 rings (SSSR count). The predicted octanol–water partition coefficient (Wildman–Crippen LogP) is 2.77. The Balaban J connectivity index is 2.35. The van der Waals surface area contributed by atoms with Crippen molar-refractivity contribution >= 4 is 15.9 Å². The molecule has 0 spiro atoms. The summed E-state index contributed by atoms with van der Waals surface area (Å²) in [4.78, 5) is 4.32. The molecule has 0 aliphatic carbocycles. The molecule has 0 aromatic carbocycles. The van der Waals surface area contributed by atoms with E-state index in [2.05, 4.69) is 40.1 Å². The number of ether oxygens (including phenoxy) is 3. The van der Waals surface area contributed by atoms with E-state index in [0.29, 0.717) is 31.7 Å². The van der Waals surface area contributed by atoms with Crippen molar-refractivity contribution in [2.75, 3.05) is 33.5 Å². The Hall–Kier alpha value is -0.690. The van der Waals surface area contributed by atoms with E-state index in [1.165, 1.54) is 0 Å². The van der Waals surface area contributed by atoms with Gasteiger partial charge in [-0.25, -0.2) is 4.98 Å². The summed E-state index contributed by atoms with van der Waals surface area (Å²) in [5.41, 5.74) is 1.04. The Kier molecular flexibility index (Phi) is 9.58. The Labute approximate surface area is 135 Å². The van der Waals surface area contributed by atoms with E-state index in [-0.39, 0.29) is 0 Å². The molecule has 0 amide bonds. The number of hydrogen-bond acceptors (Lipinski definition) is 5. The zero-order chi connectivity index (χ0) is 15.5. The predicted molar refractivity (Wildman–Crippen MR) is 86.7 cm³/mol. The molecule has 1 N–H and O–H groups in total. The third kappa shape index (κ3) is 8.36. The average Bonchev–Trinajstić information content (AvgIpc) is 2.45. The van der Waals surface area contributed by atoms with Crippen LogP contribution in [0, 0.1) is 0 Å². The van der Waals surface area contributed by atoms with Gasteiger partial charge >= 0.3 is 0 Å². The van der Waals surface area contributed by atoms with Gasteiger partial charge in [0, 0.05) is 49.1 Å². The topological polar surface area (TPSA) is 52.6 Å². The van der Waals surface area contributed by atoms with E-state index in [1.54, 1.807) is 13.3 Å². The Bertz CT molecular complexity index is 403. The smallest absolute Gasteiger partial charge is 0.217 e. The molecule has 0 saturated heterocycles. The fourth-order valence-corrected chi connectivity index (χ4v) is 2.02. The van der Waals surface area contributed by atoms with Gasteiger partial charge in [-0.1, -0.05) is 13.8 Å². The fourth-order valence-electron chi connectivity index (χ4n) is 1.64. The third-order valence-corrected chi connectivity index (χ3v) is 3.13. The molecule has 1 heterocycles. The SMILES string of the molecule is COCCCOCCOc1ncc(Br)cc1CNC(C)C. The minimum Gasteiger partial charge on any atom is -0.475 e. The molecular weight excluding hydrogens is 336 g/mol. The molecule has 5 nitrogen and oxygen atoms in total. The van der Waals surface area contributed by atoms with Crippen molar-refractivity contribution in [3.8, 4) is 5.88 Å². The molecular formula is C15H25BrN2O3. The van der Waals surface area contributed by atoms with Crippen molar-refractivity contribution in [2.45, 2.75) is 32.9 Å². The van der Waals surface area contributed by atoms with Crippen molar-refractivity contribution in [2.24, 2.45) is 0 Å². The summed E-state index contributed by atoms with van der Waals surface area (Å²) < 4.78 is 17.1. The van der Waals surface area contributed by atoms with E-state index < -0.39 is 0 Å². The second-order valence-corrected chi connectivity index (χ2v) is 5.88. The van der Waals surface area contributed by atoms with E-state index in [1.807, 2.05) is 6.07 Å². The van der Waals surface area contributed by atoms with Crippen molar-refractivity contribution in [1.29, 1.82) is 0 Å². The summed E-state index contributed by atoms with van der Waals surface area (Å²) >= 11 is 3.44. The van der Waals surface area contributed by atoms with Crippen LogP contribution in [0.5, 0.6) is 5.88 Å². The van der Waals surface area contributed by atoms with Gasteiger partial charge in [-0.2, -0.15) is 0 Å². The van der Waals surface area contributed by atoms with Crippen LogP contribution in [0.25, 0.3) is 0 Å². The van der Waals surface area contributed by atoms with Gasteiger partial charge in [-0.05, 0) is 28.4 Å². The summed E-state index contributed by atoms with van der Waals surface area (Å²) in [6.45, 7) is 7.41. The van der Waals surface area contributed by atoms with Crippen LogP contribution in [-0.4, -0.2) is 44.6 Å². The fraction of sp³-hybridized carbons (Fsp3) is 0.667. The molecule has 0 aliphatic heterocycles. The molecule has 6 heteroatoms. The van der Waals surface area contributed by atoms with Gasteiger partial charge in [-0.15, -0.1) is 0 Å². The highest BCUT2D eigenvalue weighted by molar-refractivity contribution is 9.10. The van der Waals surface area contributed by atoms with Crippen LogP contribution in [-0.2, 0) is 16.0 Å². The molecule has 1 aromatic heterocycles. The molecule has 0 radical (unpaired) electrons. The first kappa shape index (κ1) is 18.4. The van der Waals surface area contributed by atoms with E-state index in [9.17, 15) is 0 Å². The molecule has 120 valence electrons. The van der Waals surface area contributed by atoms with E-state index in [4.69, 9.17) is 14.2 Å². The summed E-state index contributed by atoms with van der Waals surface area (Å²) in [5.74, 6) is 0.659. The number of hydrogen-bond donors (Lipinski definition) is 1.